The van der Waals surface area contributed by atoms with Crippen LogP contribution in [0.25, 0.3) is 69.9 Å². The summed E-state index contributed by atoms with van der Waals surface area (Å²) in [6.07, 6.45) is 7.49. The van der Waals surface area contributed by atoms with Crippen LogP contribution >= 0.6 is 11.3 Å². The molecule has 0 saturated carbocycles. The van der Waals surface area contributed by atoms with Gasteiger partial charge < -0.3 is 9.47 Å². The molecule has 3 heteroatoms. The third-order valence-electron chi connectivity index (χ3n) is 14.1. The molecule has 2 atom stereocenters. The van der Waals surface area contributed by atoms with Crippen LogP contribution in [0.15, 0.2) is 212 Å². The maximum absolute atomic E-state index is 2.59. The fourth-order valence-corrected chi connectivity index (χ4v) is 11.9. The molecule has 2 heterocycles. The summed E-state index contributed by atoms with van der Waals surface area (Å²) in [7, 11) is 0. The van der Waals surface area contributed by atoms with Crippen molar-refractivity contribution in [2.24, 2.45) is 5.41 Å². The molecular weight excluding hydrogens is 757 g/mol. The molecule has 0 bridgehead atoms. The first-order valence-corrected chi connectivity index (χ1v) is 22.2. The SMILES string of the molecule is CC1(C)c2ccc3c(sc4ccccc43)c2C2C=CC(N(c3ccc(-c4ccccc4)cc3)c3ccc(-c4ccc5c(c4)c4ccccc4n5-c4ccccc4)cc3)=CC21C. The van der Waals surface area contributed by atoms with Crippen molar-refractivity contribution < 1.29 is 0 Å². The second kappa shape index (κ2) is 13.5. The number of thiophene rings is 1. The van der Waals surface area contributed by atoms with Crippen LogP contribution in [0.5, 0.6) is 0 Å². The Labute approximate surface area is 361 Å². The van der Waals surface area contributed by atoms with Crippen LogP contribution in [-0.4, -0.2) is 4.57 Å². The second-order valence-corrected chi connectivity index (χ2v) is 18.6. The molecule has 0 spiro atoms. The fourth-order valence-electron chi connectivity index (χ4n) is 10.6. The summed E-state index contributed by atoms with van der Waals surface area (Å²) in [6.45, 7) is 7.41. The predicted octanol–water partition coefficient (Wildman–Crippen LogP) is 16.2. The topological polar surface area (TPSA) is 8.17 Å². The van der Waals surface area contributed by atoms with Crippen LogP contribution < -0.4 is 4.90 Å². The van der Waals surface area contributed by atoms with E-state index in [4.69, 9.17) is 0 Å². The van der Waals surface area contributed by atoms with Crippen molar-refractivity contribution in [3.05, 3.63) is 223 Å². The summed E-state index contributed by atoms with van der Waals surface area (Å²) in [5.41, 5.74) is 14.6. The Morgan fingerprint density at radius 3 is 1.84 bits per heavy atom. The molecule has 2 nitrogen and oxygen atoms in total. The summed E-state index contributed by atoms with van der Waals surface area (Å²) in [5.74, 6) is 0.269. The number of aromatic nitrogens is 1. The van der Waals surface area contributed by atoms with Gasteiger partial charge in [0.05, 0.1) is 11.0 Å². The van der Waals surface area contributed by atoms with Crippen molar-refractivity contribution in [2.75, 3.05) is 4.90 Å². The van der Waals surface area contributed by atoms with Gasteiger partial charge in [0.15, 0.2) is 0 Å². The second-order valence-electron chi connectivity index (χ2n) is 17.5. The highest BCUT2D eigenvalue weighted by Crippen LogP contribution is 2.64. The van der Waals surface area contributed by atoms with Gasteiger partial charge in [0.1, 0.15) is 0 Å². The van der Waals surface area contributed by atoms with Gasteiger partial charge in [-0.2, -0.15) is 0 Å². The standard InChI is InChI=1S/C58H44N2S/c1-57(2)50-34-32-48-47-19-11-13-21-54(47)61-56(48)55(50)51-33-31-45(37-58(51,57)3)59(43-27-22-39(23-28-43)38-14-6-4-7-15-38)44-29-24-40(25-30-44)41-26-35-53-49(36-41)46-18-10-12-20-52(46)60(53)42-16-8-5-9-17-42/h4-37,51H,1-3H3. The van der Waals surface area contributed by atoms with Crippen LogP contribution in [-0.2, 0) is 5.41 Å². The van der Waals surface area contributed by atoms with Gasteiger partial charge in [0, 0.05) is 65.0 Å². The number of para-hydroxylation sites is 2. The number of hydrogen-bond donors (Lipinski definition) is 0. The van der Waals surface area contributed by atoms with Gasteiger partial charge in [-0.25, -0.2) is 0 Å². The lowest BCUT2D eigenvalue weighted by Gasteiger charge is -2.43. The zero-order valence-corrected chi connectivity index (χ0v) is 35.3. The Bertz CT molecular complexity index is 3380. The summed E-state index contributed by atoms with van der Waals surface area (Å²) >= 11 is 1.96. The maximum Gasteiger partial charge on any atom is 0.0541 e. The highest BCUT2D eigenvalue weighted by Gasteiger charge is 2.55. The molecule has 2 unspecified atom stereocenters. The van der Waals surface area contributed by atoms with Crippen molar-refractivity contribution >= 4 is 64.7 Å². The first-order valence-electron chi connectivity index (χ1n) is 21.4. The van der Waals surface area contributed by atoms with E-state index < -0.39 is 0 Å². The number of rotatable bonds is 6. The maximum atomic E-state index is 2.59. The van der Waals surface area contributed by atoms with Crippen LogP contribution in [0.2, 0.25) is 0 Å². The smallest absolute Gasteiger partial charge is 0.0541 e. The Balaban J connectivity index is 0.965. The number of fused-ring (bicyclic) bond motifs is 10. The van der Waals surface area contributed by atoms with E-state index in [1.54, 1.807) is 0 Å². The van der Waals surface area contributed by atoms with Crippen LogP contribution in [0.1, 0.15) is 37.8 Å². The van der Waals surface area contributed by atoms with E-state index in [2.05, 4.69) is 237 Å². The van der Waals surface area contributed by atoms with E-state index in [9.17, 15) is 0 Å². The minimum absolute atomic E-state index is 0.0949. The minimum atomic E-state index is -0.152. The number of nitrogens with zero attached hydrogens (tertiary/aromatic N) is 2. The van der Waals surface area contributed by atoms with Gasteiger partial charge in [-0.15, -0.1) is 11.3 Å². The molecule has 2 aliphatic rings. The molecule has 2 aliphatic carbocycles. The lowest BCUT2D eigenvalue weighted by atomic mass is 9.62. The molecule has 2 aromatic heterocycles. The third kappa shape index (κ3) is 5.40. The van der Waals surface area contributed by atoms with Gasteiger partial charge in [0.2, 0.25) is 0 Å². The Morgan fingerprint density at radius 2 is 1.10 bits per heavy atom. The van der Waals surface area contributed by atoms with Crippen molar-refractivity contribution in [2.45, 2.75) is 32.1 Å². The van der Waals surface area contributed by atoms with E-state index in [-0.39, 0.29) is 16.7 Å². The molecular formula is C58H44N2S. The van der Waals surface area contributed by atoms with Crippen LogP contribution in [0.4, 0.5) is 11.4 Å². The predicted molar refractivity (Wildman–Crippen MR) is 261 cm³/mol. The Morgan fingerprint density at radius 1 is 0.508 bits per heavy atom. The molecule has 12 rings (SSSR count). The van der Waals surface area contributed by atoms with Crippen molar-refractivity contribution in [1.29, 1.82) is 0 Å². The molecule has 10 aromatic rings. The molecule has 0 amide bonds. The number of anilines is 2. The molecule has 0 aliphatic heterocycles. The van der Waals surface area contributed by atoms with Gasteiger partial charge in [-0.1, -0.05) is 160 Å². The lowest BCUT2D eigenvalue weighted by Crippen LogP contribution is -2.38. The van der Waals surface area contributed by atoms with Crippen LogP contribution in [0, 0.1) is 5.41 Å². The average Bonchev–Trinajstić information content (AvgIpc) is 3.91. The lowest BCUT2D eigenvalue weighted by molar-refractivity contribution is 0.243. The zero-order valence-electron chi connectivity index (χ0n) is 34.5. The number of hydrogen-bond acceptors (Lipinski definition) is 2. The monoisotopic (exact) mass is 800 g/mol. The van der Waals surface area contributed by atoms with Gasteiger partial charge >= 0.3 is 0 Å². The van der Waals surface area contributed by atoms with Gasteiger partial charge in [0.25, 0.3) is 0 Å². The Kier molecular flexibility index (Phi) is 7.98. The highest BCUT2D eigenvalue weighted by atomic mass is 32.1. The highest BCUT2D eigenvalue weighted by molar-refractivity contribution is 7.26. The van der Waals surface area contributed by atoms with Crippen LogP contribution in [0.3, 0.4) is 0 Å². The van der Waals surface area contributed by atoms with Crippen molar-refractivity contribution in [3.63, 3.8) is 0 Å². The largest absolute Gasteiger partial charge is 0.311 e. The zero-order chi connectivity index (χ0) is 40.9. The molecule has 61 heavy (non-hydrogen) atoms. The normalized spacial score (nSPS) is 17.8. The molecule has 0 fully saturated rings. The first kappa shape index (κ1) is 36.0. The van der Waals surface area contributed by atoms with E-state index in [1.165, 1.54) is 86.7 Å². The van der Waals surface area contributed by atoms with E-state index in [0.29, 0.717) is 0 Å². The van der Waals surface area contributed by atoms with E-state index in [0.717, 1.165) is 11.4 Å². The fraction of sp³-hybridized carbons (Fsp3) is 0.103. The summed E-state index contributed by atoms with van der Waals surface area (Å²) < 4.78 is 5.18. The molecule has 8 aromatic carbocycles. The van der Waals surface area contributed by atoms with E-state index >= 15 is 0 Å². The number of allylic oxidation sites excluding steroid dienone is 3. The van der Waals surface area contributed by atoms with Crippen molar-refractivity contribution in [1.82, 2.24) is 4.57 Å². The molecule has 0 radical (unpaired) electrons. The average molecular weight is 801 g/mol. The summed E-state index contributed by atoms with van der Waals surface area (Å²) in [4.78, 5) is 2.46. The van der Waals surface area contributed by atoms with Gasteiger partial charge in [-0.05, 0) is 106 Å². The van der Waals surface area contributed by atoms with E-state index in [1.807, 2.05) is 11.3 Å². The number of benzene rings is 8. The van der Waals surface area contributed by atoms with Crippen molar-refractivity contribution in [3.8, 4) is 27.9 Å². The minimum Gasteiger partial charge on any atom is -0.311 e. The quantitative estimate of drug-likeness (QED) is 0.163. The first-order chi connectivity index (χ1) is 29.9. The molecule has 0 saturated heterocycles. The van der Waals surface area contributed by atoms with Gasteiger partial charge in [-0.3, -0.25) is 0 Å². The molecule has 0 N–H and O–H groups in total. The summed E-state index contributed by atoms with van der Waals surface area (Å²) in [5, 5.41) is 5.26. The third-order valence-corrected chi connectivity index (χ3v) is 15.3. The summed E-state index contributed by atoms with van der Waals surface area (Å²) in [6, 6.07) is 69.0. The molecule has 292 valence electrons. The Hall–Kier alpha value is -6.94.